The first-order valence-electron chi connectivity index (χ1n) is 13.4. The molecule has 0 spiro atoms. The lowest BCUT2D eigenvalue weighted by molar-refractivity contribution is -0.384. The largest absolute Gasteiger partial charge is 0.468 e. The molecule has 9 heteroatoms. The maximum atomic E-state index is 14.0. The highest BCUT2D eigenvalue weighted by atomic mass is 16.6. The highest BCUT2D eigenvalue weighted by molar-refractivity contribution is 6.07. The Morgan fingerprint density at radius 2 is 1.79 bits per heavy atom. The van der Waals surface area contributed by atoms with Gasteiger partial charge in [0.2, 0.25) is 0 Å². The van der Waals surface area contributed by atoms with Gasteiger partial charge in [0.05, 0.1) is 17.6 Å². The van der Waals surface area contributed by atoms with Crippen LogP contribution >= 0.6 is 0 Å². The van der Waals surface area contributed by atoms with Crippen LogP contribution in [0.15, 0.2) is 70.9 Å². The van der Waals surface area contributed by atoms with E-state index in [1.54, 1.807) is 26.0 Å². The number of esters is 2. The monoisotopic (exact) mass is 533 g/mol. The highest BCUT2D eigenvalue weighted by Crippen LogP contribution is 2.41. The molecule has 1 saturated heterocycles. The van der Waals surface area contributed by atoms with Crippen LogP contribution in [0.4, 0.5) is 5.69 Å². The Morgan fingerprint density at radius 3 is 2.46 bits per heavy atom. The molecule has 4 rings (SSSR count). The quantitative estimate of drug-likeness (QED) is 0.242. The zero-order valence-corrected chi connectivity index (χ0v) is 22.7. The van der Waals surface area contributed by atoms with E-state index in [1.807, 2.05) is 30.3 Å². The fourth-order valence-electron chi connectivity index (χ4n) is 5.56. The van der Waals surface area contributed by atoms with Crippen LogP contribution in [-0.4, -0.2) is 54.2 Å². The molecule has 0 bridgehead atoms. The number of piperidine rings is 1. The number of non-ortho nitro benzene ring substituents is 1. The molecular formula is C30H35N3O6. The van der Waals surface area contributed by atoms with Crippen LogP contribution in [0.3, 0.4) is 0 Å². The van der Waals surface area contributed by atoms with Crippen LogP contribution in [0.1, 0.15) is 62.7 Å². The second-order valence-corrected chi connectivity index (χ2v) is 10.1. The van der Waals surface area contributed by atoms with Gasteiger partial charge in [-0.1, -0.05) is 48.9 Å². The Bertz CT molecular complexity index is 1270. The number of hydrogen-bond acceptors (Lipinski definition) is 8. The highest BCUT2D eigenvalue weighted by Gasteiger charge is 2.43. The smallest absolute Gasteiger partial charge is 0.337 e. The van der Waals surface area contributed by atoms with E-state index in [2.05, 4.69) is 9.89 Å². The normalized spacial score (nSPS) is 20.6. The number of methoxy groups -OCH3 is 1. The lowest BCUT2D eigenvalue weighted by Gasteiger charge is -2.32. The van der Waals surface area contributed by atoms with Crippen LogP contribution in [-0.2, 0) is 19.1 Å². The van der Waals surface area contributed by atoms with Crippen LogP contribution in [0.2, 0.25) is 0 Å². The Balaban J connectivity index is 1.70. The van der Waals surface area contributed by atoms with Gasteiger partial charge in [0.25, 0.3) is 5.69 Å². The number of ether oxygens (including phenoxy) is 2. The predicted molar refractivity (Wildman–Crippen MR) is 147 cm³/mol. The summed E-state index contributed by atoms with van der Waals surface area (Å²) in [5, 5.41) is 11.5. The molecule has 9 nitrogen and oxygen atoms in total. The maximum absolute atomic E-state index is 14.0. The minimum absolute atomic E-state index is 0.134. The molecule has 0 saturated carbocycles. The van der Waals surface area contributed by atoms with E-state index >= 15 is 0 Å². The van der Waals surface area contributed by atoms with E-state index < -0.39 is 34.8 Å². The van der Waals surface area contributed by atoms with Crippen molar-refractivity contribution in [2.75, 3.05) is 26.7 Å². The van der Waals surface area contributed by atoms with E-state index in [0.717, 1.165) is 25.2 Å². The number of nitro benzene ring substituents is 1. The van der Waals surface area contributed by atoms with Crippen LogP contribution in [0.5, 0.6) is 0 Å². The number of hydrogen-bond donors (Lipinski definition) is 0. The zero-order valence-electron chi connectivity index (χ0n) is 22.7. The Kier molecular flexibility index (Phi) is 9.24. The summed E-state index contributed by atoms with van der Waals surface area (Å²) in [6, 6.07) is 15.6. The summed E-state index contributed by atoms with van der Waals surface area (Å²) in [4.78, 5) is 44.9. The van der Waals surface area contributed by atoms with Gasteiger partial charge in [-0.15, -0.1) is 0 Å². The van der Waals surface area contributed by atoms with E-state index in [-0.39, 0.29) is 11.3 Å². The standard InChI is InChI=1S/C30H35N3O6/c1-20-26(29(34)38-3)28(23-13-10-14-24(19-23)33(36)37)27(21(2)31-20)30(35)39-25(22-11-6-4-7-12-22)15-18-32-16-8-5-9-17-32/h4,6-7,10-14,19,25-26,28H,5,8-9,15-18H2,1-3H3. The summed E-state index contributed by atoms with van der Waals surface area (Å²) >= 11 is 0. The maximum Gasteiger partial charge on any atom is 0.337 e. The van der Waals surface area contributed by atoms with E-state index in [1.165, 1.54) is 38.5 Å². The van der Waals surface area contributed by atoms with Crippen molar-refractivity contribution in [2.45, 2.75) is 51.6 Å². The summed E-state index contributed by atoms with van der Waals surface area (Å²) in [6.07, 6.45) is 3.68. The molecule has 2 aliphatic rings. The molecule has 0 amide bonds. The first-order valence-corrected chi connectivity index (χ1v) is 13.4. The molecular weight excluding hydrogens is 498 g/mol. The number of carbonyl (C=O) groups excluding carboxylic acids is 2. The molecule has 2 heterocycles. The number of carbonyl (C=O) groups is 2. The minimum Gasteiger partial charge on any atom is -0.468 e. The van der Waals surface area contributed by atoms with Gasteiger partial charge in [0.1, 0.15) is 12.0 Å². The fourth-order valence-corrected chi connectivity index (χ4v) is 5.56. The van der Waals surface area contributed by atoms with E-state index in [0.29, 0.717) is 23.4 Å². The first kappa shape index (κ1) is 28.2. The van der Waals surface area contributed by atoms with Crippen molar-refractivity contribution in [1.29, 1.82) is 0 Å². The van der Waals surface area contributed by atoms with Gasteiger partial charge in [-0.25, -0.2) is 4.79 Å². The average Bonchev–Trinajstić information content (AvgIpc) is 2.95. The number of benzene rings is 2. The number of rotatable bonds is 9. The van der Waals surface area contributed by atoms with E-state index in [9.17, 15) is 19.7 Å². The molecule has 206 valence electrons. The summed E-state index contributed by atoms with van der Waals surface area (Å²) in [5.41, 5.74) is 2.28. The van der Waals surface area contributed by atoms with Crippen LogP contribution in [0, 0.1) is 16.0 Å². The van der Waals surface area contributed by atoms with Crippen molar-refractivity contribution in [1.82, 2.24) is 4.90 Å². The second-order valence-electron chi connectivity index (χ2n) is 10.1. The van der Waals surface area contributed by atoms with Gasteiger partial charge in [-0.2, -0.15) is 0 Å². The van der Waals surface area contributed by atoms with Gasteiger partial charge in [0.15, 0.2) is 0 Å². The number of nitrogens with zero attached hydrogens (tertiary/aromatic N) is 3. The van der Waals surface area contributed by atoms with E-state index in [4.69, 9.17) is 9.47 Å². The molecule has 2 aromatic rings. The molecule has 39 heavy (non-hydrogen) atoms. The lowest BCUT2D eigenvalue weighted by Crippen LogP contribution is -2.36. The SMILES string of the molecule is COC(=O)C1C(C)=NC(C)=C(C(=O)OC(CCN2CCCCC2)c2ccccc2)C1c1cccc([N+](=O)[O-])c1. The first-order chi connectivity index (χ1) is 18.8. The van der Waals surface area contributed by atoms with Gasteiger partial charge in [-0.3, -0.25) is 19.9 Å². The predicted octanol–water partition coefficient (Wildman–Crippen LogP) is 5.38. The third-order valence-corrected chi connectivity index (χ3v) is 7.52. The average molecular weight is 534 g/mol. The second kappa shape index (κ2) is 12.8. The number of likely N-dealkylation sites (tertiary alicyclic amines) is 1. The fraction of sp³-hybridized carbons (Fsp3) is 0.433. The Hall–Kier alpha value is -3.85. The van der Waals surface area contributed by atoms with Gasteiger partial charge < -0.3 is 14.4 Å². The molecule has 1 fully saturated rings. The summed E-state index contributed by atoms with van der Waals surface area (Å²) in [5.74, 6) is -2.94. The molecule has 0 aromatic heterocycles. The Labute approximate surface area is 228 Å². The number of nitro groups is 1. The molecule has 2 aliphatic heterocycles. The molecule has 0 N–H and O–H groups in total. The van der Waals surface area contributed by atoms with Crippen LogP contribution in [0.25, 0.3) is 0 Å². The van der Waals surface area contributed by atoms with Crippen LogP contribution < -0.4 is 0 Å². The topological polar surface area (TPSA) is 111 Å². The molecule has 0 aliphatic carbocycles. The molecule has 0 radical (unpaired) electrons. The Morgan fingerprint density at radius 1 is 1.08 bits per heavy atom. The van der Waals surface area contributed by atoms with Crippen molar-refractivity contribution >= 4 is 23.3 Å². The van der Waals surface area contributed by atoms with Crippen molar-refractivity contribution in [3.8, 4) is 0 Å². The van der Waals surface area contributed by atoms with Gasteiger partial charge in [-0.05, 0) is 50.9 Å². The van der Waals surface area contributed by atoms with Gasteiger partial charge in [0, 0.05) is 42.4 Å². The van der Waals surface area contributed by atoms with Gasteiger partial charge >= 0.3 is 11.9 Å². The van der Waals surface area contributed by atoms with Crippen molar-refractivity contribution < 1.29 is 24.0 Å². The number of allylic oxidation sites excluding steroid dienone is 1. The summed E-state index contributed by atoms with van der Waals surface area (Å²) in [7, 11) is 1.27. The lowest BCUT2D eigenvalue weighted by atomic mass is 9.75. The minimum atomic E-state index is -0.924. The molecule has 2 aromatic carbocycles. The van der Waals surface area contributed by atoms with Crippen molar-refractivity contribution in [3.05, 3.63) is 87.1 Å². The summed E-state index contributed by atoms with van der Waals surface area (Å²) in [6.45, 7) is 6.25. The third kappa shape index (κ3) is 6.60. The summed E-state index contributed by atoms with van der Waals surface area (Å²) < 4.78 is 11.3. The van der Waals surface area contributed by atoms with Crippen molar-refractivity contribution in [3.63, 3.8) is 0 Å². The molecule has 3 atom stereocenters. The van der Waals surface area contributed by atoms with Crippen molar-refractivity contribution in [2.24, 2.45) is 10.9 Å². The molecule has 3 unspecified atom stereocenters. The number of aliphatic imine (C=N–C) groups is 1. The third-order valence-electron chi connectivity index (χ3n) is 7.52. The zero-order chi connectivity index (χ0) is 27.9.